The summed E-state index contributed by atoms with van der Waals surface area (Å²) >= 11 is 0. The van der Waals surface area contributed by atoms with Gasteiger partial charge >= 0.3 is 0 Å². The highest BCUT2D eigenvalue weighted by molar-refractivity contribution is 5.47. The molecule has 0 aliphatic carbocycles. The number of aryl methyl sites for hydroxylation is 3. The predicted octanol–water partition coefficient (Wildman–Crippen LogP) is 7.63. The van der Waals surface area contributed by atoms with Crippen molar-refractivity contribution in [1.82, 2.24) is 0 Å². The fraction of sp³-hybridized carbons (Fsp3) is 0.680. The van der Waals surface area contributed by atoms with E-state index in [9.17, 15) is 0 Å². The molecule has 0 fully saturated rings. The molecular weight excluding hydrogens is 300 g/mol. The zero-order valence-electron chi connectivity index (χ0n) is 17.5. The summed E-state index contributed by atoms with van der Waals surface area (Å²) in [4.78, 5) is 0. The number of terminal acetylenes is 1. The zero-order valence-corrected chi connectivity index (χ0v) is 17.5. The first kappa shape index (κ1) is 21.8. The van der Waals surface area contributed by atoms with Crippen LogP contribution in [-0.2, 0) is 6.42 Å². The second kappa shape index (κ2) is 12.2. The number of hydrogen-bond donors (Lipinski definition) is 0. The first-order valence-corrected chi connectivity index (χ1v) is 10.6. The molecule has 0 aliphatic heterocycles. The van der Waals surface area contributed by atoms with E-state index in [2.05, 4.69) is 52.7 Å². The molecule has 2 unspecified atom stereocenters. The van der Waals surface area contributed by atoms with Crippen molar-refractivity contribution in [2.45, 2.75) is 98.8 Å². The Hall–Kier alpha value is -1.22. The lowest BCUT2D eigenvalue weighted by Crippen LogP contribution is -2.03. The van der Waals surface area contributed by atoms with Crippen LogP contribution in [0.3, 0.4) is 0 Å². The van der Waals surface area contributed by atoms with Gasteiger partial charge in [0.15, 0.2) is 0 Å². The summed E-state index contributed by atoms with van der Waals surface area (Å²) < 4.78 is 0. The van der Waals surface area contributed by atoms with Gasteiger partial charge in [0.05, 0.1) is 0 Å². The summed E-state index contributed by atoms with van der Waals surface area (Å²) in [6, 6.07) is 4.59. The Bertz CT molecular complexity index is 508. The smallest absolute Gasteiger partial charge is 0.0301 e. The molecule has 25 heavy (non-hydrogen) atoms. The molecule has 1 aromatic carbocycles. The maximum Gasteiger partial charge on any atom is 0.0301 e. The minimum atomic E-state index is 0.910. The van der Waals surface area contributed by atoms with Gasteiger partial charge in [-0.1, -0.05) is 90.2 Å². The maximum atomic E-state index is 5.61. The molecule has 0 aliphatic rings. The van der Waals surface area contributed by atoms with Crippen LogP contribution in [0.25, 0.3) is 0 Å². The van der Waals surface area contributed by atoms with Crippen molar-refractivity contribution in [3.8, 4) is 12.3 Å². The Morgan fingerprint density at radius 3 is 2.04 bits per heavy atom. The highest BCUT2D eigenvalue weighted by Gasteiger charge is 2.10. The van der Waals surface area contributed by atoms with Gasteiger partial charge in [-0.25, -0.2) is 0 Å². The van der Waals surface area contributed by atoms with Crippen LogP contribution in [0, 0.1) is 38.0 Å². The van der Waals surface area contributed by atoms with Crippen molar-refractivity contribution in [2.24, 2.45) is 11.8 Å². The van der Waals surface area contributed by atoms with Crippen molar-refractivity contribution in [3.63, 3.8) is 0 Å². The van der Waals surface area contributed by atoms with Crippen LogP contribution in [0.5, 0.6) is 0 Å². The molecule has 0 radical (unpaired) electrons. The van der Waals surface area contributed by atoms with Crippen LogP contribution >= 0.6 is 0 Å². The van der Waals surface area contributed by atoms with E-state index in [1.54, 1.807) is 0 Å². The quantitative estimate of drug-likeness (QED) is 0.343. The van der Waals surface area contributed by atoms with E-state index in [4.69, 9.17) is 6.42 Å². The second-order valence-electron chi connectivity index (χ2n) is 8.12. The van der Waals surface area contributed by atoms with E-state index in [0.29, 0.717) is 0 Å². The van der Waals surface area contributed by atoms with Gasteiger partial charge in [0.2, 0.25) is 0 Å². The fourth-order valence-corrected chi connectivity index (χ4v) is 4.25. The third kappa shape index (κ3) is 8.13. The Morgan fingerprint density at radius 1 is 0.880 bits per heavy atom. The highest BCUT2D eigenvalue weighted by Crippen LogP contribution is 2.25. The summed E-state index contributed by atoms with van der Waals surface area (Å²) in [5, 5.41) is 0. The highest BCUT2D eigenvalue weighted by atomic mass is 14.2. The summed E-state index contributed by atoms with van der Waals surface area (Å²) in [7, 11) is 0. The minimum Gasteiger partial charge on any atom is -0.115 e. The second-order valence-corrected chi connectivity index (χ2v) is 8.12. The maximum absolute atomic E-state index is 5.61. The van der Waals surface area contributed by atoms with Gasteiger partial charge in [0.1, 0.15) is 0 Å². The molecule has 0 amide bonds. The number of hydrogen-bond acceptors (Lipinski definition) is 0. The van der Waals surface area contributed by atoms with E-state index >= 15 is 0 Å². The van der Waals surface area contributed by atoms with E-state index in [0.717, 1.165) is 17.4 Å². The van der Waals surface area contributed by atoms with Crippen molar-refractivity contribution in [1.29, 1.82) is 0 Å². The van der Waals surface area contributed by atoms with Gasteiger partial charge in [-0.3, -0.25) is 0 Å². The van der Waals surface area contributed by atoms with Gasteiger partial charge < -0.3 is 0 Å². The third-order valence-electron chi connectivity index (χ3n) is 5.60. The van der Waals surface area contributed by atoms with Crippen LogP contribution in [0.2, 0.25) is 0 Å². The van der Waals surface area contributed by atoms with Crippen LogP contribution in [0.1, 0.15) is 101 Å². The number of rotatable bonds is 12. The molecule has 0 aromatic heterocycles. The molecule has 140 valence electrons. The monoisotopic (exact) mass is 340 g/mol. The molecule has 1 rings (SSSR count). The predicted molar refractivity (Wildman–Crippen MR) is 113 cm³/mol. The molecule has 0 heterocycles. The molecule has 1 aromatic rings. The largest absolute Gasteiger partial charge is 0.115 e. The summed E-state index contributed by atoms with van der Waals surface area (Å²) in [5.74, 6) is 4.66. The number of benzene rings is 1. The minimum absolute atomic E-state index is 0.910. The van der Waals surface area contributed by atoms with E-state index in [-0.39, 0.29) is 0 Å². The molecule has 0 saturated carbocycles. The van der Waals surface area contributed by atoms with Crippen LogP contribution in [-0.4, -0.2) is 0 Å². The molecule has 0 saturated heterocycles. The van der Waals surface area contributed by atoms with E-state index < -0.39 is 0 Å². The Morgan fingerprint density at radius 2 is 1.48 bits per heavy atom. The molecule has 0 spiro atoms. The van der Waals surface area contributed by atoms with Crippen molar-refractivity contribution in [3.05, 3.63) is 34.4 Å². The van der Waals surface area contributed by atoms with Crippen LogP contribution in [0.4, 0.5) is 0 Å². The average molecular weight is 341 g/mol. The Labute approximate surface area is 157 Å². The van der Waals surface area contributed by atoms with Crippen LogP contribution < -0.4 is 0 Å². The first-order chi connectivity index (χ1) is 12.0. The van der Waals surface area contributed by atoms with Crippen LogP contribution in [0.15, 0.2) is 12.1 Å². The van der Waals surface area contributed by atoms with Gasteiger partial charge in [0.25, 0.3) is 0 Å². The molecule has 0 bridgehead atoms. The van der Waals surface area contributed by atoms with E-state index in [1.165, 1.54) is 80.9 Å². The van der Waals surface area contributed by atoms with Crippen molar-refractivity contribution in [2.75, 3.05) is 0 Å². The zero-order chi connectivity index (χ0) is 18.7. The SMILES string of the molecule is C#Cc1c(C)cc(CCCC(CCC)CCCC(C)CCC)cc1C. The third-order valence-corrected chi connectivity index (χ3v) is 5.60. The summed E-state index contributed by atoms with van der Waals surface area (Å²) in [6.07, 6.45) is 19.2. The molecular formula is C25H40. The Balaban J connectivity index is 2.43. The molecule has 0 nitrogen and oxygen atoms in total. The normalized spacial score (nSPS) is 13.4. The topological polar surface area (TPSA) is 0 Å². The lowest BCUT2D eigenvalue weighted by atomic mass is 9.88. The lowest BCUT2D eigenvalue weighted by Gasteiger charge is -2.18. The fourth-order valence-electron chi connectivity index (χ4n) is 4.25. The van der Waals surface area contributed by atoms with E-state index in [1.807, 2.05) is 0 Å². The lowest BCUT2D eigenvalue weighted by molar-refractivity contribution is 0.364. The van der Waals surface area contributed by atoms with Gasteiger partial charge in [-0.05, 0) is 55.2 Å². The van der Waals surface area contributed by atoms with Gasteiger partial charge in [0, 0.05) is 5.56 Å². The van der Waals surface area contributed by atoms with Crippen molar-refractivity contribution < 1.29 is 0 Å². The standard InChI is InChI=1S/C25H40/c1-7-12-20(4)14-10-15-23(13-8-2)16-11-17-24-18-21(5)25(9-3)22(6)19-24/h3,18-20,23H,7-8,10-17H2,1-2,4-6H3. The molecule has 0 N–H and O–H groups in total. The van der Waals surface area contributed by atoms with Gasteiger partial charge in [-0.15, -0.1) is 6.42 Å². The summed E-state index contributed by atoms with van der Waals surface area (Å²) in [6.45, 7) is 11.3. The molecule has 0 heteroatoms. The summed E-state index contributed by atoms with van der Waals surface area (Å²) in [5.41, 5.74) is 5.05. The van der Waals surface area contributed by atoms with Gasteiger partial charge in [-0.2, -0.15) is 0 Å². The Kier molecular flexibility index (Phi) is 10.6. The average Bonchev–Trinajstić information content (AvgIpc) is 2.55. The molecule has 2 atom stereocenters. The van der Waals surface area contributed by atoms with Crippen molar-refractivity contribution >= 4 is 0 Å². The first-order valence-electron chi connectivity index (χ1n) is 10.6.